The van der Waals surface area contributed by atoms with Gasteiger partial charge in [0.05, 0.1) is 11.9 Å². The Kier molecular flexibility index (Phi) is 15.6. The van der Waals surface area contributed by atoms with E-state index in [0.29, 0.717) is 6.10 Å². The number of hydrogen-bond donors (Lipinski definition) is 0. The predicted molar refractivity (Wildman–Crippen MR) is 95.7 cm³/mol. The van der Waals surface area contributed by atoms with Crippen molar-refractivity contribution in [1.82, 2.24) is 0 Å². The molecule has 0 aliphatic rings. The summed E-state index contributed by atoms with van der Waals surface area (Å²) in [4.78, 5) is 0. The number of rotatable bonds is 15. The van der Waals surface area contributed by atoms with Gasteiger partial charge in [0.1, 0.15) is 0 Å². The second-order valence-electron chi connectivity index (χ2n) is 6.37. The van der Waals surface area contributed by atoms with Crippen molar-refractivity contribution in [3.05, 3.63) is 11.8 Å². The largest absolute Gasteiger partial charge is 0.495 e. The third-order valence-corrected chi connectivity index (χ3v) is 4.18. The first-order valence-electron chi connectivity index (χ1n) is 9.57. The third kappa shape index (κ3) is 14.2. The highest BCUT2D eigenvalue weighted by Crippen LogP contribution is 2.15. The zero-order valence-electron chi connectivity index (χ0n) is 15.3. The number of allylic oxidation sites excluding steroid dienone is 2. The fourth-order valence-corrected chi connectivity index (χ4v) is 2.69. The molecule has 1 nitrogen and oxygen atoms in total. The van der Waals surface area contributed by atoms with Crippen LogP contribution in [-0.4, -0.2) is 6.10 Å². The van der Waals surface area contributed by atoms with Gasteiger partial charge in [-0.2, -0.15) is 0 Å². The Morgan fingerprint density at radius 3 is 2.00 bits per heavy atom. The lowest BCUT2D eigenvalue weighted by molar-refractivity contribution is 0.103. The molecule has 0 saturated heterocycles. The highest BCUT2D eigenvalue weighted by molar-refractivity contribution is 4.89. The van der Waals surface area contributed by atoms with Gasteiger partial charge in [-0.05, 0) is 45.1 Å². The lowest BCUT2D eigenvalue weighted by Gasteiger charge is -2.18. The van der Waals surface area contributed by atoms with Crippen LogP contribution >= 0.6 is 0 Å². The predicted octanol–water partition coefficient (Wildman–Crippen LogP) is 7.41. The van der Waals surface area contributed by atoms with Crippen LogP contribution in [0.4, 0.5) is 0 Å². The first-order valence-corrected chi connectivity index (χ1v) is 9.57. The molecule has 0 heterocycles. The van der Waals surface area contributed by atoms with Crippen molar-refractivity contribution in [2.75, 3.05) is 0 Å². The van der Waals surface area contributed by atoms with Gasteiger partial charge in [-0.15, -0.1) is 0 Å². The molecule has 1 unspecified atom stereocenters. The Hall–Kier alpha value is -0.460. The molecule has 0 radical (unpaired) electrons. The molecular formula is C20H40O. The quantitative estimate of drug-likeness (QED) is 0.226. The van der Waals surface area contributed by atoms with Crippen LogP contribution in [0.15, 0.2) is 11.8 Å². The van der Waals surface area contributed by atoms with E-state index in [4.69, 9.17) is 4.74 Å². The zero-order valence-corrected chi connectivity index (χ0v) is 15.3. The minimum Gasteiger partial charge on any atom is -0.495 e. The average Bonchev–Trinajstić information content (AvgIpc) is 2.49. The molecule has 21 heavy (non-hydrogen) atoms. The van der Waals surface area contributed by atoms with Gasteiger partial charge in [0, 0.05) is 0 Å². The summed E-state index contributed by atoms with van der Waals surface area (Å²) in [7, 11) is 0. The molecule has 0 aliphatic carbocycles. The maximum Gasteiger partial charge on any atom is 0.0979 e. The Bertz CT molecular complexity index is 232. The molecular weight excluding hydrogens is 256 g/mol. The van der Waals surface area contributed by atoms with Gasteiger partial charge in [0.2, 0.25) is 0 Å². The molecule has 0 amide bonds. The van der Waals surface area contributed by atoms with E-state index in [0.717, 1.165) is 12.2 Å². The lowest BCUT2D eigenvalue weighted by Crippen LogP contribution is -2.10. The van der Waals surface area contributed by atoms with Gasteiger partial charge in [-0.3, -0.25) is 0 Å². The summed E-state index contributed by atoms with van der Waals surface area (Å²) in [5, 5.41) is 0. The van der Waals surface area contributed by atoms with Crippen molar-refractivity contribution in [2.45, 2.75) is 117 Å². The summed E-state index contributed by atoms with van der Waals surface area (Å²) >= 11 is 0. The van der Waals surface area contributed by atoms with Gasteiger partial charge >= 0.3 is 0 Å². The summed E-state index contributed by atoms with van der Waals surface area (Å²) in [5.74, 6) is 1.14. The molecule has 0 aliphatic heterocycles. The molecule has 0 spiro atoms. The maximum absolute atomic E-state index is 6.07. The summed E-state index contributed by atoms with van der Waals surface area (Å²) in [6.07, 6.45) is 19.9. The SMILES string of the molecule is CCCCCCCCCC=C(C)OC(CC)CCCCC. The first kappa shape index (κ1) is 20.5. The first-order chi connectivity index (χ1) is 10.2. The van der Waals surface area contributed by atoms with Crippen molar-refractivity contribution < 1.29 is 4.74 Å². The van der Waals surface area contributed by atoms with Crippen molar-refractivity contribution in [1.29, 1.82) is 0 Å². The van der Waals surface area contributed by atoms with E-state index in [1.54, 1.807) is 0 Å². The molecule has 0 aromatic heterocycles. The molecule has 0 bridgehead atoms. The van der Waals surface area contributed by atoms with E-state index in [2.05, 4.69) is 33.8 Å². The van der Waals surface area contributed by atoms with Gasteiger partial charge in [-0.25, -0.2) is 0 Å². The van der Waals surface area contributed by atoms with Gasteiger partial charge < -0.3 is 4.74 Å². The standard InChI is InChI=1S/C20H40O/c1-5-8-10-11-12-13-14-16-17-19(4)21-20(7-3)18-15-9-6-2/h17,20H,5-16,18H2,1-4H3. The Morgan fingerprint density at radius 2 is 1.38 bits per heavy atom. The Morgan fingerprint density at radius 1 is 0.810 bits per heavy atom. The van der Waals surface area contributed by atoms with Crippen molar-refractivity contribution in [3.63, 3.8) is 0 Å². The molecule has 0 aromatic carbocycles. The van der Waals surface area contributed by atoms with E-state index in [-0.39, 0.29) is 0 Å². The molecule has 0 aromatic rings. The van der Waals surface area contributed by atoms with Crippen LogP contribution in [0.5, 0.6) is 0 Å². The normalized spacial score (nSPS) is 13.4. The van der Waals surface area contributed by atoms with E-state index < -0.39 is 0 Å². The molecule has 0 saturated carbocycles. The van der Waals surface area contributed by atoms with E-state index in [1.165, 1.54) is 77.0 Å². The number of ether oxygens (including phenoxy) is 1. The second-order valence-corrected chi connectivity index (χ2v) is 6.37. The van der Waals surface area contributed by atoms with Crippen molar-refractivity contribution >= 4 is 0 Å². The third-order valence-electron chi connectivity index (χ3n) is 4.18. The van der Waals surface area contributed by atoms with Crippen LogP contribution in [-0.2, 0) is 4.74 Å². The molecule has 126 valence electrons. The lowest BCUT2D eigenvalue weighted by atomic mass is 10.1. The molecule has 1 atom stereocenters. The van der Waals surface area contributed by atoms with E-state index in [9.17, 15) is 0 Å². The smallest absolute Gasteiger partial charge is 0.0979 e. The Balaban J connectivity index is 3.61. The summed E-state index contributed by atoms with van der Waals surface area (Å²) in [6, 6.07) is 0. The van der Waals surface area contributed by atoms with Crippen molar-refractivity contribution in [3.8, 4) is 0 Å². The summed E-state index contributed by atoms with van der Waals surface area (Å²) in [5.41, 5.74) is 0. The minimum atomic E-state index is 0.432. The molecule has 0 N–H and O–H groups in total. The maximum atomic E-state index is 6.07. The molecule has 0 fully saturated rings. The highest BCUT2D eigenvalue weighted by Gasteiger charge is 2.06. The fourth-order valence-electron chi connectivity index (χ4n) is 2.69. The van der Waals surface area contributed by atoms with Gasteiger partial charge in [-0.1, -0.05) is 72.1 Å². The fraction of sp³-hybridized carbons (Fsp3) is 0.900. The second kappa shape index (κ2) is 15.9. The van der Waals surface area contributed by atoms with Crippen LogP contribution in [0.3, 0.4) is 0 Å². The summed E-state index contributed by atoms with van der Waals surface area (Å²) in [6.45, 7) is 8.90. The van der Waals surface area contributed by atoms with Crippen LogP contribution in [0.2, 0.25) is 0 Å². The highest BCUT2D eigenvalue weighted by atomic mass is 16.5. The van der Waals surface area contributed by atoms with Crippen LogP contribution < -0.4 is 0 Å². The topological polar surface area (TPSA) is 9.23 Å². The van der Waals surface area contributed by atoms with E-state index in [1.807, 2.05) is 0 Å². The van der Waals surface area contributed by atoms with Gasteiger partial charge in [0.25, 0.3) is 0 Å². The van der Waals surface area contributed by atoms with Gasteiger partial charge in [0.15, 0.2) is 0 Å². The van der Waals surface area contributed by atoms with Crippen LogP contribution in [0.25, 0.3) is 0 Å². The average molecular weight is 297 g/mol. The van der Waals surface area contributed by atoms with Crippen molar-refractivity contribution in [2.24, 2.45) is 0 Å². The Labute approximate surface area is 134 Å². The monoisotopic (exact) mass is 296 g/mol. The summed E-state index contributed by atoms with van der Waals surface area (Å²) < 4.78 is 6.07. The number of unbranched alkanes of at least 4 members (excludes halogenated alkanes) is 9. The van der Waals surface area contributed by atoms with Crippen LogP contribution in [0, 0.1) is 0 Å². The molecule has 1 heteroatoms. The van der Waals surface area contributed by atoms with Crippen LogP contribution in [0.1, 0.15) is 111 Å². The molecule has 0 rings (SSSR count). The number of hydrogen-bond acceptors (Lipinski definition) is 1. The van der Waals surface area contributed by atoms with E-state index >= 15 is 0 Å². The zero-order chi connectivity index (χ0) is 15.8. The minimum absolute atomic E-state index is 0.432.